The first-order chi connectivity index (χ1) is 15.9. The number of hydrogen-bond donors (Lipinski definition) is 1. The number of allylic oxidation sites excluding steroid dienone is 1. The Morgan fingerprint density at radius 1 is 1.03 bits per heavy atom. The Morgan fingerprint density at radius 3 is 2.33 bits per heavy atom. The predicted molar refractivity (Wildman–Crippen MR) is 146 cm³/mol. The van der Waals surface area contributed by atoms with E-state index in [0.29, 0.717) is 5.02 Å². The molecule has 1 saturated heterocycles. The zero-order chi connectivity index (χ0) is 23.5. The molecule has 172 valence electrons. The molecular weight excluding hydrogens is 448 g/mol. The number of piperazine rings is 1. The molecule has 1 unspecified atom stereocenters. The lowest BCUT2D eigenvalue weighted by Gasteiger charge is -2.39. The van der Waals surface area contributed by atoms with E-state index in [9.17, 15) is 0 Å². The minimum Gasteiger partial charge on any atom is -0.372 e. The number of pyridine rings is 1. The van der Waals surface area contributed by atoms with Crippen LogP contribution >= 0.6 is 22.3 Å². The summed E-state index contributed by atoms with van der Waals surface area (Å²) in [5.41, 5.74) is 6.04. The predicted octanol–water partition coefficient (Wildman–Crippen LogP) is 6.39. The standard InChI is InChI=1S/C27H31ClN4S/c1-5-6-19(2)31-13-15-32(16-14-31)20(3)22-9-12-24-25(28)18-26(30-27(24)17-22)21-7-10-23(11-8-21)33(4)29/h7-12,17-18H,2-6,13-16,29H2,1H3. The molecule has 2 aromatic carbocycles. The normalized spacial score (nSPS) is 15.0. The first kappa shape index (κ1) is 23.6. The van der Waals surface area contributed by atoms with Crippen molar-refractivity contribution in [3.05, 3.63) is 78.0 Å². The molecule has 1 aliphatic heterocycles. The van der Waals surface area contributed by atoms with Gasteiger partial charge in [-0.3, -0.25) is 5.14 Å². The quantitative estimate of drug-likeness (QED) is 0.399. The summed E-state index contributed by atoms with van der Waals surface area (Å²) in [7, 11) is -0.506. The lowest BCUT2D eigenvalue weighted by Crippen LogP contribution is -2.44. The molecule has 2 heterocycles. The Bertz CT molecular complexity index is 1210. The van der Waals surface area contributed by atoms with Crippen LogP contribution in [-0.2, 0) is 0 Å². The molecule has 0 saturated carbocycles. The maximum absolute atomic E-state index is 6.63. The summed E-state index contributed by atoms with van der Waals surface area (Å²) < 4.78 is 0. The van der Waals surface area contributed by atoms with Crippen LogP contribution in [0, 0.1) is 0 Å². The van der Waals surface area contributed by atoms with Gasteiger partial charge in [0, 0.05) is 53.4 Å². The summed E-state index contributed by atoms with van der Waals surface area (Å²) in [5.74, 6) is 3.90. The second kappa shape index (κ2) is 10.1. The van der Waals surface area contributed by atoms with Crippen LogP contribution in [0.2, 0.25) is 5.02 Å². The van der Waals surface area contributed by atoms with Crippen LogP contribution in [0.25, 0.3) is 27.9 Å². The van der Waals surface area contributed by atoms with Crippen LogP contribution in [0.15, 0.2) is 72.3 Å². The topological polar surface area (TPSA) is 45.4 Å². The van der Waals surface area contributed by atoms with Crippen LogP contribution in [-0.4, -0.2) is 46.8 Å². The molecule has 4 rings (SSSR count). The van der Waals surface area contributed by atoms with Crippen LogP contribution in [0.5, 0.6) is 0 Å². The molecule has 4 nitrogen and oxygen atoms in total. The lowest BCUT2D eigenvalue weighted by molar-refractivity contribution is 0.209. The van der Waals surface area contributed by atoms with Crippen molar-refractivity contribution < 1.29 is 0 Å². The number of fused-ring (bicyclic) bond motifs is 1. The molecule has 1 atom stereocenters. The fourth-order valence-corrected chi connectivity index (χ4v) is 4.98. The fourth-order valence-electron chi connectivity index (χ4n) is 4.24. The van der Waals surface area contributed by atoms with Crippen LogP contribution < -0.4 is 5.14 Å². The molecule has 0 amide bonds. The van der Waals surface area contributed by atoms with Crippen LogP contribution in [0.3, 0.4) is 0 Å². The molecule has 0 radical (unpaired) electrons. The molecular formula is C27H31ClN4S. The first-order valence-electron chi connectivity index (χ1n) is 11.2. The highest BCUT2D eigenvalue weighted by atomic mass is 35.5. The van der Waals surface area contributed by atoms with Crippen LogP contribution in [0.4, 0.5) is 0 Å². The van der Waals surface area contributed by atoms with Gasteiger partial charge >= 0.3 is 0 Å². The van der Waals surface area contributed by atoms with E-state index in [1.807, 2.05) is 36.4 Å². The average molecular weight is 479 g/mol. The highest BCUT2D eigenvalue weighted by molar-refractivity contribution is 8.12. The van der Waals surface area contributed by atoms with Gasteiger partial charge in [0.25, 0.3) is 0 Å². The minimum atomic E-state index is -0.506. The Labute approximate surface area is 204 Å². The summed E-state index contributed by atoms with van der Waals surface area (Å²) in [6.45, 7) is 14.7. The molecule has 2 N–H and O–H groups in total. The maximum atomic E-state index is 6.63. The number of nitrogens with zero attached hydrogens (tertiary/aromatic N) is 3. The summed E-state index contributed by atoms with van der Waals surface area (Å²) in [6.07, 6.45) is 2.19. The van der Waals surface area contributed by atoms with E-state index in [2.05, 4.69) is 47.9 Å². The van der Waals surface area contributed by atoms with E-state index >= 15 is 0 Å². The second-order valence-electron chi connectivity index (χ2n) is 8.41. The highest BCUT2D eigenvalue weighted by Gasteiger charge is 2.20. The van der Waals surface area contributed by atoms with Gasteiger partial charge in [-0.15, -0.1) is 0 Å². The third kappa shape index (κ3) is 5.16. The molecule has 3 aromatic rings. The fraction of sp³-hybridized carbons (Fsp3) is 0.259. The summed E-state index contributed by atoms with van der Waals surface area (Å²) in [6, 6.07) is 16.2. The third-order valence-electron chi connectivity index (χ3n) is 6.19. The van der Waals surface area contributed by atoms with E-state index in [1.165, 1.54) is 5.70 Å². The zero-order valence-corrected chi connectivity index (χ0v) is 20.8. The summed E-state index contributed by atoms with van der Waals surface area (Å²) >= 11 is 6.63. The van der Waals surface area contributed by atoms with Gasteiger partial charge in [0.05, 0.1) is 16.2 Å². The van der Waals surface area contributed by atoms with Crippen molar-refractivity contribution in [1.82, 2.24) is 14.8 Å². The van der Waals surface area contributed by atoms with Gasteiger partial charge in [-0.05, 0) is 36.2 Å². The number of rotatable bonds is 7. The van der Waals surface area contributed by atoms with Gasteiger partial charge in [0.1, 0.15) is 0 Å². The van der Waals surface area contributed by atoms with E-state index < -0.39 is 10.7 Å². The molecule has 1 fully saturated rings. The maximum Gasteiger partial charge on any atom is 0.0731 e. The Kier molecular flexibility index (Phi) is 7.23. The molecule has 0 aliphatic carbocycles. The van der Waals surface area contributed by atoms with Crippen molar-refractivity contribution in [1.29, 1.82) is 0 Å². The van der Waals surface area contributed by atoms with E-state index in [0.717, 1.165) is 77.3 Å². The van der Waals surface area contributed by atoms with Crippen LogP contribution in [0.1, 0.15) is 25.3 Å². The minimum absolute atomic E-state index is 0.506. The van der Waals surface area contributed by atoms with Crippen molar-refractivity contribution in [2.24, 2.45) is 5.14 Å². The summed E-state index contributed by atoms with van der Waals surface area (Å²) in [4.78, 5) is 10.7. The molecule has 33 heavy (non-hydrogen) atoms. The molecule has 6 heteroatoms. The Hall–Kier alpha value is -2.60. The number of aromatic nitrogens is 1. The van der Waals surface area contributed by atoms with Crippen molar-refractivity contribution in [3.8, 4) is 11.3 Å². The monoisotopic (exact) mass is 478 g/mol. The number of benzene rings is 2. The van der Waals surface area contributed by atoms with Crippen molar-refractivity contribution in [2.75, 3.05) is 26.2 Å². The van der Waals surface area contributed by atoms with Crippen molar-refractivity contribution in [2.45, 2.75) is 24.7 Å². The molecule has 0 spiro atoms. The third-order valence-corrected chi connectivity index (χ3v) is 7.38. The second-order valence-corrected chi connectivity index (χ2v) is 10.1. The molecule has 0 bridgehead atoms. The molecule has 1 aromatic heterocycles. The van der Waals surface area contributed by atoms with Gasteiger partial charge in [-0.25, -0.2) is 4.98 Å². The van der Waals surface area contributed by atoms with Gasteiger partial charge in [0.2, 0.25) is 0 Å². The van der Waals surface area contributed by atoms with Gasteiger partial charge in [-0.2, -0.15) is 0 Å². The number of hydrogen-bond acceptors (Lipinski definition) is 4. The van der Waals surface area contributed by atoms with E-state index in [1.54, 1.807) is 0 Å². The largest absolute Gasteiger partial charge is 0.372 e. The smallest absolute Gasteiger partial charge is 0.0731 e. The lowest BCUT2D eigenvalue weighted by atomic mass is 10.1. The average Bonchev–Trinajstić information content (AvgIpc) is 2.83. The van der Waals surface area contributed by atoms with Gasteiger partial charge in [-0.1, -0.05) is 78.9 Å². The number of halogens is 1. The van der Waals surface area contributed by atoms with Crippen molar-refractivity contribution >= 4 is 44.7 Å². The first-order valence-corrected chi connectivity index (χ1v) is 13.1. The number of nitrogens with two attached hydrogens (primary N) is 1. The van der Waals surface area contributed by atoms with Crippen molar-refractivity contribution in [3.63, 3.8) is 0 Å². The zero-order valence-electron chi connectivity index (χ0n) is 19.2. The highest BCUT2D eigenvalue weighted by Crippen LogP contribution is 2.31. The SMILES string of the molecule is C=C(CCC)N1CCN(C(=C)c2ccc3c(Cl)cc(-c4ccc(S(=C)N)cc4)nc3c2)CC1. The van der Waals surface area contributed by atoms with E-state index in [-0.39, 0.29) is 0 Å². The summed E-state index contributed by atoms with van der Waals surface area (Å²) in [5, 5.41) is 7.53. The Balaban J connectivity index is 1.56. The van der Waals surface area contributed by atoms with E-state index in [4.69, 9.17) is 21.7 Å². The molecule has 1 aliphatic rings. The van der Waals surface area contributed by atoms with Gasteiger partial charge in [0.15, 0.2) is 0 Å². The van der Waals surface area contributed by atoms with Gasteiger partial charge < -0.3 is 9.80 Å². The Morgan fingerprint density at radius 2 is 1.70 bits per heavy atom.